The van der Waals surface area contributed by atoms with Crippen LogP contribution in [0.15, 0.2) is 140 Å². The second kappa shape index (κ2) is 15.0. The van der Waals surface area contributed by atoms with Gasteiger partial charge in [-0.1, -0.05) is 170 Å². The number of nitrogens with zero attached hydrogens (tertiary/aromatic N) is 3. The number of anilines is 9. The highest BCUT2D eigenvalue weighted by atomic mass is 15.2. The second-order valence-corrected chi connectivity index (χ2v) is 25.9. The van der Waals surface area contributed by atoms with Gasteiger partial charge in [0.15, 0.2) is 0 Å². The molecular weight excluding hydrogens is 834 g/mol. The van der Waals surface area contributed by atoms with E-state index in [0.717, 1.165) is 29.9 Å². The Bertz CT molecular complexity index is 3170. The van der Waals surface area contributed by atoms with Crippen LogP contribution in [0.25, 0.3) is 0 Å². The normalized spacial score (nSPS) is 17.8. The molecule has 0 bridgehead atoms. The molecule has 0 saturated carbocycles. The van der Waals surface area contributed by atoms with Crippen molar-refractivity contribution in [1.82, 2.24) is 0 Å². The maximum absolute atomic E-state index is 2.70. The third kappa shape index (κ3) is 7.13. The van der Waals surface area contributed by atoms with Crippen molar-refractivity contribution in [3.8, 4) is 0 Å². The van der Waals surface area contributed by atoms with Crippen LogP contribution in [0.1, 0.15) is 149 Å². The SMILES string of the molecule is Cc1ccc(C(C)(C)C)cc1N1c2ccc(C(C)(C)C)cc2B2c3cc4c(cc3N(c3ccc5c(c3)C(C)(C)CC5(C)C)c3cc(N(c5ccccc5)c5ccccc5)cc1c32)C(C)(C)CC4(C)C. The first kappa shape index (κ1) is 45.4. The third-order valence-corrected chi connectivity index (χ3v) is 16.6. The average Bonchev–Trinajstić information content (AvgIpc) is 3.59. The molecule has 0 amide bonds. The Morgan fingerprint density at radius 3 is 1.49 bits per heavy atom. The molecule has 0 unspecified atom stereocenters. The zero-order valence-electron chi connectivity index (χ0n) is 44.1. The van der Waals surface area contributed by atoms with Crippen LogP contribution in [0.3, 0.4) is 0 Å². The van der Waals surface area contributed by atoms with Gasteiger partial charge in [0.2, 0.25) is 0 Å². The van der Waals surface area contributed by atoms with Crippen molar-refractivity contribution in [1.29, 1.82) is 0 Å². The minimum atomic E-state index is -0.0424. The average molecular weight is 906 g/mol. The number of hydrogen-bond acceptors (Lipinski definition) is 3. The predicted octanol–water partition coefficient (Wildman–Crippen LogP) is 16.1. The van der Waals surface area contributed by atoms with E-state index in [9.17, 15) is 0 Å². The molecule has 0 aromatic heterocycles. The molecule has 2 aliphatic carbocycles. The van der Waals surface area contributed by atoms with E-state index in [2.05, 4.69) is 258 Å². The maximum atomic E-state index is 2.70. The summed E-state index contributed by atoms with van der Waals surface area (Å²) < 4.78 is 0. The van der Waals surface area contributed by atoms with E-state index < -0.39 is 0 Å². The minimum Gasteiger partial charge on any atom is -0.311 e. The number of benzene rings is 7. The van der Waals surface area contributed by atoms with Crippen LogP contribution >= 0.6 is 0 Å². The zero-order chi connectivity index (χ0) is 49.0. The van der Waals surface area contributed by atoms with Gasteiger partial charge in [-0.05, 0) is 174 Å². The largest absolute Gasteiger partial charge is 0.311 e. The van der Waals surface area contributed by atoms with Gasteiger partial charge < -0.3 is 14.7 Å². The van der Waals surface area contributed by atoms with E-state index in [1.54, 1.807) is 0 Å². The standard InChI is InChI=1S/C65H72BN3/c1-41-26-27-43(61(5,6)7)33-55(41)69-54-31-28-42(60(2,3)4)32-52(54)66-53-37-50-51(65(14,15)40-64(50,12)13)38-56(53)68(46-29-30-48-49(34-46)63(10,11)39-62(48,8)9)57-35-47(36-58(69)59(57)66)67(44-22-18-16-19-23-44)45-24-20-17-21-25-45/h16-38H,39-40H2,1-15H3. The quantitative estimate of drug-likeness (QED) is 0.159. The third-order valence-electron chi connectivity index (χ3n) is 16.6. The first-order valence-electron chi connectivity index (χ1n) is 25.6. The molecule has 69 heavy (non-hydrogen) atoms. The lowest BCUT2D eigenvalue weighted by Gasteiger charge is -2.46. The molecule has 0 N–H and O–H groups in total. The van der Waals surface area contributed by atoms with Crippen LogP contribution < -0.4 is 31.1 Å². The second-order valence-electron chi connectivity index (χ2n) is 25.9. The van der Waals surface area contributed by atoms with Crippen LogP contribution in [0.5, 0.6) is 0 Å². The van der Waals surface area contributed by atoms with E-state index in [1.165, 1.54) is 89.5 Å². The summed E-state index contributed by atoms with van der Waals surface area (Å²) >= 11 is 0. The molecule has 0 atom stereocenters. The Hall–Kier alpha value is -6.00. The highest BCUT2D eigenvalue weighted by Crippen LogP contribution is 2.56. The molecule has 0 spiro atoms. The van der Waals surface area contributed by atoms with Crippen LogP contribution in [0, 0.1) is 6.92 Å². The Labute approximate surface area is 414 Å². The fourth-order valence-corrected chi connectivity index (χ4v) is 13.6. The number of aryl methyl sites for hydroxylation is 1. The van der Waals surface area contributed by atoms with Gasteiger partial charge in [-0.2, -0.15) is 0 Å². The van der Waals surface area contributed by atoms with Gasteiger partial charge in [0.1, 0.15) is 0 Å². The molecular formula is C65H72BN3. The molecule has 350 valence electrons. The van der Waals surface area contributed by atoms with Crippen molar-refractivity contribution in [2.24, 2.45) is 0 Å². The van der Waals surface area contributed by atoms with Crippen molar-refractivity contribution in [3.63, 3.8) is 0 Å². The van der Waals surface area contributed by atoms with Gasteiger partial charge in [-0.15, -0.1) is 0 Å². The molecule has 2 heterocycles. The van der Waals surface area contributed by atoms with Gasteiger partial charge in [0.25, 0.3) is 6.71 Å². The molecule has 4 heteroatoms. The van der Waals surface area contributed by atoms with E-state index in [1.807, 2.05) is 0 Å². The molecule has 7 aromatic rings. The number of fused-ring (bicyclic) bond motifs is 6. The van der Waals surface area contributed by atoms with E-state index >= 15 is 0 Å². The molecule has 11 rings (SSSR count). The summed E-state index contributed by atoms with van der Waals surface area (Å²) in [6, 6.07) is 54.4. The maximum Gasteiger partial charge on any atom is 0.252 e. The molecule has 0 fully saturated rings. The highest BCUT2D eigenvalue weighted by Gasteiger charge is 2.49. The summed E-state index contributed by atoms with van der Waals surface area (Å²) in [5, 5.41) is 0. The lowest BCUT2D eigenvalue weighted by molar-refractivity contribution is 0.403. The summed E-state index contributed by atoms with van der Waals surface area (Å²) in [6.45, 7) is 36.1. The Morgan fingerprint density at radius 1 is 0.420 bits per heavy atom. The van der Waals surface area contributed by atoms with Crippen LogP contribution in [-0.4, -0.2) is 6.71 Å². The first-order valence-corrected chi connectivity index (χ1v) is 25.6. The summed E-state index contributed by atoms with van der Waals surface area (Å²) in [5.41, 5.74) is 25.0. The monoisotopic (exact) mass is 906 g/mol. The van der Waals surface area contributed by atoms with Gasteiger partial charge in [-0.25, -0.2) is 0 Å². The minimum absolute atomic E-state index is 0.00790. The van der Waals surface area contributed by atoms with Crippen LogP contribution in [0.2, 0.25) is 0 Å². The Morgan fingerprint density at radius 2 is 0.913 bits per heavy atom. The Balaban J connectivity index is 1.32. The van der Waals surface area contributed by atoms with Crippen molar-refractivity contribution < 1.29 is 0 Å². The van der Waals surface area contributed by atoms with Crippen molar-refractivity contribution in [2.45, 2.75) is 149 Å². The summed E-state index contributed by atoms with van der Waals surface area (Å²) in [7, 11) is 0. The predicted molar refractivity (Wildman–Crippen MR) is 299 cm³/mol. The van der Waals surface area contributed by atoms with Crippen molar-refractivity contribution >= 4 is 74.3 Å². The van der Waals surface area contributed by atoms with Gasteiger partial charge in [-0.3, -0.25) is 0 Å². The highest BCUT2D eigenvalue weighted by molar-refractivity contribution is 7.00. The lowest BCUT2D eigenvalue weighted by Crippen LogP contribution is -2.61. The van der Waals surface area contributed by atoms with Crippen molar-refractivity contribution in [2.75, 3.05) is 14.7 Å². The van der Waals surface area contributed by atoms with Crippen LogP contribution in [0.4, 0.5) is 51.2 Å². The topological polar surface area (TPSA) is 9.72 Å². The van der Waals surface area contributed by atoms with Gasteiger partial charge in [0, 0.05) is 45.5 Å². The smallest absolute Gasteiger partial charge is 0.252 e. The van der Waals surface area contributed by atoms with Crippen LogP contribution in [-0.2, 0) is 32.5 Å². The number of hydrogen-bond donors (Lipinski definition) is 0. The molecule has 3 nitrogen and oxygen atoms in total. The molecule has 0 saturated heterocycles. The fraction of sp³-hybridized carbons (Fsp3) is 0.354. The lowest BCUT2D eigenvalue weighted by atomic mass is 9.33. The van der Waals surface area contributed by atoms with Crippen molar-refractivity contribution in [3.05, 3.63) is 178 Å². The number of para-hydroxylation sites is 2. The summed E-state index contributed by atoms with van der Waals surface area (Å²) in [4.78, 5) is 7.81. The van der Waals surface area contributed by atoms with E-state index in [0.29, 0.717) is 0 Å². The van der Waals surface area contributed by atoms with Gasteiger partial charge >= 0.3 is 0 Å². The van der Waals surface area contributed by atoms with E-state index in [4.69, 9.17) is 0 Å². The van der Waals surface area contributed by atoms with Gasteiger partial charge in [0.05, 0.1) is 5.69 Å². The fourth-order valence-electron chi connectivity index (χ4n) is 13.6. The Kier molecular flexibility index (Phi) is 9.88. The molecule has 4 aliphatic rings. The summed E-state index contributed by atoms with van der Waals surface area (Å²) in [5.74, 6) is 0. The summed E-state index contributed by atoms with van der Waals surface area (Å²) in [6.07, 6.45) is 2.23. The molecule has 7 aromatic carbocycles. The molecule has 0 radical (unpaired) electrons. The van der Waals surface area contributed by atoms with E-state index in [-0.39, 0.29) is 39.2 Å². The zero-order valence-corrected chi connectivity index (χ0v) is 44.1. The first-order chi connectivity index (χ1) is 32.4. The number of rotatable bonds is 5. The molecule has 2 aliphatic heterocycles.